The summed E-state index contributed by atoms with van der Waals surface area (Å²) in [5.41, 5.74) is -0.333. The summed E-state index contributed by atoms with van der Waals surface area (Å²) in [5, 5.41) is 10.1. The van der Waals surface area contributed by atoms with Crippen LogP contribution >= 0.6 is 0 Å². The first-order valence-corrected chi connectivity index (χ1v) is 4.86. The molecule has 0 aromatic heterocycles. The maximum absolute atomic E-state index is 10.1. The molecule has 1 N–H and O–H groups in total. The Bertz CT molecular complexity index is 296. The second kappa shape index (κ2) is 4.31. The van der Waals surface area contributed by atoms with Gasteiger partial charge in [0.15, 0.2) is 0 Å². The summed E-state index contributed by atoms with van der Waals surface area (Å²) < 4.78 is 10.7. The minimum absolute atomic E-state index is 0.794. The van der Waals surface area contributed by atoms with Gasteiger partial charge in [-0.1, -0.05) is 30.3 Å². The minimum Gasteiger partial charge on any atom is -0.384 e. The van der Waals surface area contributed by atoms with Crippen molar-refractivity contribution < 1.29 is 14.6 Å². The van der Waals surface area contributed by atoms with Gasteiger partial charge in [0, 0.05) is 19.8 Å². The summed E-state index contributed by atoms with van der Waals surface area (Å²) in [6, 6.07) is 9.40. The van der Waals surface area contributed by atoms with Crippen LogP contribution in [0.2, 0.25) is 0 Å². The zero-order valence-corrected chi connectivity index (χ0v) is 9.65. The van der Waals surface area contributed by atoms with Gasteiger partial charge in [-0.15, -0.1) is 0 Å². The number of rotatable bonds is 4. The molecule has 84 valence electrons. The molecule has 0 saturated carbocycles. The highest BCUT2D eigenvalue weighted by molar-refractivity contribution is 5.23. The molecule has 15 heavy (non-hydrogen) atoms. The number of hydrogen-bond donors (Lipinski definition) is 1. The van der Waals surface area contributed by atoms with Crippen molar-refractivity contribution >= 4 is 0 Å². The van der Waals surface area contributed by atoms with E-state index < -0.39 is 11.4 Å². The fraction of sp³-hybridized carbons (Fsp3) is 0.500. The fourth-order valence-corrected chi connectivity index (χ4v) is 1.83. The van der Waals surface area contributed by atoms with E-state index in [0.717, 1.165) is 5.56 Å². The molecule has 0 fully saturated rings. The lowest BCUT2D eigenvalue weighted by atomic mass is 9.90. The molecular weight excluding hydrogens is 192 g/mol. The van der Waals surface area contributed by atoms with E-state index in [0.29, 0.717) is 0 Å². The molecule has 1 aromatic carbocycles. The van der Waals surface area contributed by atoms with E-state index in [1.165, 1.54) is 14.2 Å². The zero-order valence-electron chi connectivity index (χ0n) is 9.65. The van der Waals surface area contributed by atoms with Gasteiger partial charge in [-0.25, -0.2) is 0 Å². The lowest BCUT2D eigenvalue weighted by Crippen LogP contribution is -2.50. The van der Waals surface area contributed by atoms with Gasteiger partial charge in [-0.2, -0.15) is 0 Å². The lowest BCUT2D eigenvalue weighted by Gasteiger charge is -2.40. The summed E-state index contributed by atoms with van der Waals surface area (Å²) in [5.74, 6) is -1.13. The van der Waals surface area contributed by atoms with E-state index in [1.807, 2.05) is 30.3 Å². The molecule has 0 bridgehead atoms. The van der Waals surface area contributed by atoms with Crippen LogP contribution in [0.15, 0.2) is 30.3 Å². The number of ether oxygens (including phenoxy) is 2. The quantitative estimate of drug-likeness (QED) is 0.771. The predicted molar refractivity (Wildman–Crippen MR) is 58.4 cm³/mol. The first-order chi connectivity index (χ1) is 6.98. The van der Waals surface area contributed by atoms with Gasteiger partial charge < -0.3 is 14.6 Å². The summed E-state index contributed by atoms with van der Waals surface area (Å²) in [7, 11) is 3.04. The number of hydrogen-bond acceptors (Lipinski definition) is 3. The molecule has 0 saturated heterocycles. The Balaban J connectivity index is 3.24. The molecular formula is C12H18O3. The number of benzene rings is 1. The van der Waals surface area contributed by atoms with E-state index in [9.17, 15) is 5.11 Å². The van der Waals surface area contributed by atoms with Crippen molar-refractivity contribution in [2.24, 2.45) is 0 Å². The third-order valence-electron chi connectivity index (χ3n) is 2.53. The van der Waals surface area contributed by atoms with Crippen molar-refractivity contribution in [3.05, 3.63) is 35.9 Å². The van der Waals surface area contributed by atoms with E-state index in [4.69, 9.17) is 9.47 Å². The maximum atomic E-state index is 10.1. The van der Waals surface area contributed by atoms with Crippen LogP contribution in [0.25, 0.3) is 0 Å². The molecule has 0 aliphatic rings. The summed E-state index contributed by atoms with van der Waals surface area (Å²) >= 11 is 0. The van der Waals surface area contributed by atoms with Crippen LogP contribution in [0.3, 0.4) is 0 Å². The van der Waals surface area contributed by atoms with Crippen LogP contribution in [-0.2, 0) is 15.3 Å². The molecule has 0 amide bonds. The molecule has 3 heteroatoms. The largest absolute Gasteiger partial charge is 0.384 e. The van der Waals surface area contributed by atoms with Gasteiger partial charge in [0.05, 0.1) is 0 Å². The van der Waals surface area contributed by atoms with Gasteiger partial charge in [-0.05, 0) is 13.8 Å². The molecule has 1 aromatic rings. The Morgan fingerprint density at radius 2 is 1.47 bits per heavy atom. The normalized spacial score (nSPS) is 12.9. The monoisotopic (exact) mass is 210 g/mol. The zero-order chi connectivity index (χ0) is 11.5. The van der Waals surface area contributed by atoms with E-state index in [-0.39, 0.29) is 0 Å². The van der Waals surface area contributed by atoms with Crippen molar-refractivity contribution in [3.8, 4) is 0 Å². The third kappa shape index (κ3) is 2.04. The van der Waals surface area contributed by atoms with Crippen LogP contribution in [0.5, 0.6) is 0 Å². The summed E-state index contributed by atoms with van der Waals surface area (Å²) in [4.78, 5) is 0. The minimum atomic E-state index is -1.13. The van der Waals surface area contributed by atoms with Gasteiger partial charge in [0.2, 0.25) is 5.79 Å². The lowest BCUT2D eigenvalue weighted by molar-refractivity contribution is -0.301. The Hall–Kier alpha value is -0.900. The average Bonchev–Trinajstić information content (AvgIpc) is 2.20. The molecule has 0 unspecified atom stereocenters. The maximum Gasteiger partial charge on any atom is 0.223 e. The molecule has 1 rings (SSSR count). The van der Waals surface area contributed by atoms with E-state index in [2.05, 4.69) is 0 Å². The SMILES string of the molecule is COC(OC)(c1ccccc1)C(C)(C)O. The van der Waals surface area contributed by atoms with Crippen LogP contribution in [0.1, 0.15) is 19.4 Å². The van der Waals surface area contributed by atoms with E-state index in [1.54, 1.807) is 13.8 Å². The predicted octanol–water partition coefficient (Wildman–Crippen LogP) is 1.90. The molecule has 0 aliphatic carbocycles. The van der Waals surface area contributed by atoms with Crippen molar-refractivity contribution in [1.82, 2.24) is 0 Å². The smallest absolute Gasteiger partial charge is 0.223 e. The standard InChI is InChI=1S/C12H18O3/c1-11(2,13)12(14-3,15-4)10-8-6-5-7-9-10/h5-9,13H,1-4H3. The van der Waals surface area contributed by atoms with Crippen molar-refractivity contribution in [3.63, 3.8) is 0 Å². The molecule has 0 heterocycles. The third-order valence-corrected chi connectivity index (χ3v) is 2.53. The van der Waals surface area contributed by atoms with Gasteiger partial charge in [-0.3, -0.25) is 0 Å². The summed E-state index contributed by atoms with van der Waals surface area (Å²) in [6.07, 6.45) is 0. The topological polar surface area (TPSA) is 38.7 Å². The van der Waals surface area contributed by atoms with Crippen molar-refractivity contribution in [1.29, 1.82) is 0 Å². The van der Waals surface area contributed by atoms with Crippen LogP contribution in [-0.4, -0.2) is 24.9 Å². The summed E-state index contributed by atoms with van der Waals surface area (Å²) in [6.45, 7) is 3.32. The Kier molecular flexibility index (Phi) is 3.50. The highest BCUT2D eigenvalue weighted by Crippen LogP contribution is 2.36. The number of methoxy groups -OCH3 is 2. The van der Waals surface area contributed by atoms with Crippen molar-refractivity contribution in [2.45, 2.75) is 25.2 Å². The fourth-order valence-electron chi connectivity index (χ4n) is 1.83. The highest BCUT2D eigenvalue weighted by atomic mass is 16.7. The molecule has 0 aliphatic heterocycles. The average molecular weight is 210 g/mol. The van der Waals surface area contributed by atoms with Crippen molar-refractivity contribution in [2.75, 3.05) is 14.2 Å². The van der Waals surface area contributed by atoms with Crippen LogP contribution in [0, 0.1) is 0 Å². The molecule has 0 radical (unpaired) electrons. The van der Waals surface area contributed by atoms with Crippen LogP contribution in [0.4, 0.5) is 0 Å². The van der Waals surface area contributed by atoms with Gasteiger partial charge in [0.25, 0.3) is 0 Å². The Morgan fingerprint density at radius 1 is 1.00 bits per heavy atom. The van der Waals surface area contributed by atoms with E-state index >= 15 is 0 Å². The highest BCUT2D eigenvalue weighted by Gasteiger charge is 2.46. The first-order valence-electron chi connectivity index (χ1n) is 4.86. The van der Waals surface area contributed by atoms with Crippen LogP contribution < -0.4 is 0 Å². The second-order valence-electron chi connectivity index (χ2n) is 3.95. The molecule has 3 nitrogen and oxygen atoms in total. The Labute approximate surface area is 90.6 Å². The van der Waals surface area contributed by atoms with Gasteiger partial charge >= 0.3 is 0 Å². The molecule has 0 atom stereocenters. The second-order valence-corrected chi connectivity index (χ2v) is 3.95. The number of aliphatic hydroxyl groups is 1. The molecule has 0 spiro atoms. The Morgan fingerprint density at radius 3 is 1.80 bits per heavy atom. The first kappa shape index (κ1) is 12.2. The van der Waals surface area contributed by atoms with Gasteiger partial charge in [0.1, 0.15) is 5.60 Å².